The van der Waals surface area contributed by atoms with Crippen molar-refractivity contribution in [3.05, 3.63) is 82.7 Å². The first kappa shape index (κ1) is 23.1. The highest BCUT2D eigenvalue weighted by Crippen LogP contribution is 2.23. The number of carbonyl (C=O) groups excluding carboxylic acids is 1. The quantitative estimate of drug-likeness (QED) is 0.374. The van der Waals surface area contributed by atoms with Crippen LogP contribution >= 0.6 is 0 Å². The lowest BCUT2D eigenvalue weighted by atomic mass is 10.1. The van der Waals surface area contributed by atoms with Crippen molar-refractivity contribution in [2.45, 2.75) is 40.3 Å². The Labute approximate surface area is 189 Å². The maximum absolute atomic E-state index is 12.2. The summed E-state index contributed by atoms with van der Waals surface area (Å²) in [5.74, 6) is 1.44. The number of nitrogens with one attached hydrogen (secondary N) is 1. The van der Waals surface area contributed by atoms with Crippen LogP contribution in [0.1, 0.15) is 34.5 Å². The molecule has 3 aromatic rings. The lowest BCUT2D eigenvalue weighted by Crippen LogP contribution is -2.23. The van der Waals surface area contributed by atoms with E-state index in [4.69, 9.17) is 9.47 Å². The summed E-state index contributed by atoms with van der Waals surface area (Å²) in [6.45, 7) is 7.82. The van der Waals surface area contributed by atoms with Gasteiger partial charge in [0.1, 0.15) is 18.1 Å². The summed E-state index contributed by atoms with van der Waals surface area (Å²) in [7, 11) is 1.64. The van der Waals surface area contributed by atoms with Gasteiger partial charge < -0.3 is 14.8 Å². The second-order valence-electron chi connectivity index (χ2n) is 7.80. The Morgan fingerprint density at radius 1 is 1.09 bits per heavy atom. The van der Waals surface area contributed by atoms with E-state index in [0.717, 1.165) is 47.0 Å². The molecule has 32 heavy (non-hydrogen) atoms. The molecule has 168 valence electrons. The number of carbonyl (C=O) groups is 1. The second-order valence-corrected chi connectivity index (χ2v) is 7.80. The van der Waals surface area contributed by atoms with Gasteiger partial charge in [-0.3, -0.25) is 9.48 Å². The molecule has 0 aliphatic rings. The van der Waals surface area contributed by atoms with Gasteiger partial charge in [-0.05, 0) is 69.2 Å². The van der Waals surface area contributed by atoms with Crippen LogP contribution in [0, 0.1) is 20.8 Å². The van der Waals surface area contributed by atoms with Crippen LogP contribution in [0.25, 0.3) is 6.08 Å². The molecule has 6 nitrogen and oxygen atoms in total. The number of ether oxygens (including phenoxy) is 2. The van der Waals surface area contributed by atoms with Crippen LogP contribution in [0.15, 0.2) is 54.6 Å². The van der Waals surface area contributed by atoms with Crippen LogP contribution in [0.2, 0.25) is 0 Å². The molecular weight excluding hydrogens is 402 g/mol. The number of amides is 1. The van der Waals surface area contributed by atoms with Crippen molar-refractivity contribution in [2.75, 3.05) is 13.7 Å². The average Bonchev–Trinajstić information content (AvgIpc) is 3.11. The highest BCUT2D eigenvalue weighted by Gasteiger charge is 2.06. The van der Waals surface area contributed by atoms with Crippen LogP contribution < -0.4 is 14.8 Å². The van der Waals surface area contributed by atoms with Crippen LogP contribution in [0.3, 0.4) is 0 Å². The zero-order chi connectivity index (χ0) is 22.9. The van der Waals surface area contributed by atoms with Gasteiger partial charge in [0.05, 0.1) is 12.8 Å². The van der Waals surface area contributed by atoms with E-state index in [1.54, 1.807) is 19.3 Å². The molecule has 1 N–H and O–H groups in total. The second kappa shape index (κ2) is 11.2. The van der Waals surface area contributed by atoms with Gasteiger partial charge in [-0.1, -0.05) is 23.8 Å². The van der Waals surface area contributed by atoms with Gasteiger partial charge in [-0.25, -0.2) is 0 Å². The largest absolute Gasteiger partial charge is 0.496 e. The molecule has 0 saturated heterocycles. The normalized spacial score (nSPS) is 11.0. The summed E-state index contributed by atoms with van der Waals surface area (Å²) >= 11 is 0. The maximum atomic E-state index is 12.2. The molecule has 0 atom stereocenters. The summed E-state index contributed by atoms with van der Waals surface area (Å²) in [5.41, 5.74) is 5.16. The Balaban J connectivity index is 1.51. The molecule has 0 aliphatic carbocycles. The van der Waals surface area contributed by atoms with Crippen molar-refractivity contribution in [3.63, 3.8) is 0 Å². The predicted octanol–water partition coefficient (Wildman–Crippen LogP) is 4.62. The van der Waals surface area contributed by atoms with E-state index >= 15 is 0 Å². The van der Waals surface area contributed by atoms with E-state index in [2.05, 4.69) is 16.5 Å². The number of nitrogens with zero attached hydrogens (tertiary/aromatic N) is 2. The maximum Gasteiger partial charge on any atom is 0.244 e. The molecule has 2 aromatic carbocycles. The zero-order valence-electron chi connectivity index (χ0n) is 19.2. The Kier molecular flexibility index (Phi) is 8.08. The molecule has 0 spiro atoms. The minimum Gasteiger partial charge on any atom is -0.496 e. The highest BCUT2D eigenvalue weighted by atomic mass is 16.5. The molecule has 0 radical (unpaired) electrons. The highest BCUT2D eigenvalue weighted by molar-refractivity contribution is 5.91. The van der Waals surface area contributed by atoms with Crippen LogP contribution in [0.5, 0.6) is 11.5 Å². The molecule has 0 fully saturated rings. The Hall–Kier alpha value is -3.54. The van der Waals surface area contributed by atoms with Gasteiger partial charge in [0.25, 0.3) is 0 Å². The van der Waals surface area contributed by atoms with E-state index in [1.807, 2.05) is 67.9 Å². The number of hydrogen-bond acceptors (Lipinski definition) is 4. The third kappa shape index (κ3) is 6.74. The number of rotatable bonds is 10. The van der Waals surface area contributed by atoms with Crippen molar-refractivity contribution in [2.24, 2.45) is 0 Å². The summed E-state index contributed by atoms with van der Waals surface area (Å²) in [4.78, 5) is 12.2. The third-order valence-electron chi connectivity index (χ3n) is 5.10. The molecule has 1 heterocycles. The van der Waals surface area contributed by atoms with Gasteiger partial charge in [-0.15, -0.1) is 0 Å². The summed E-state index contributed by atoms with van der Waals surface area (Å²) < 4.78 is 13.3. The summed E-state index contributed by atoms with van der Waals surface area (Å²) in [5, 5.41) is 7.35. The number of aryl methyl sites for hydroxylation is 4. The minimum atomic E-state index is -0.119. The fraction of sp³-hybridized carbons (Fsp3) is 0.308. The molecular formula is C26H31N3O3. The summed E-state index contributed by atoms with van der Waals surface area (Å²) in [6, 6.07) is 15.8. The summed E-state index contributed by atoms with van der Waals surface area (Å²) in [6.07, 6.45) is 4.17. The molecule has 0 saturated carbocycles. The average molecular weight is 434 g/mol. The lowest BCUT2D eigenvalue weighted by molar-refractivity contribution is -0.116. The molecule has 0 unspecified atom stereocenters. The van der Waals surface area contributed by atoms with Crippen molar-refractivity contribution in [3.8, 4) is 11.5 Å². The van der Waals surface area contributed by atoms with Gasteiger partial charge in [0.15, 0.2) is 0 Å². The first-order valence-electron chi connectivity index (χ1n) is 10.8. The topological polar surface area (TPSA) is 65.4 Å². The Bertz CT molecular complexity index is 1070. The predicted molar refractivity (Wildman–Crippen MR) is 127 cm³/mol. The number of methoxy groups -OCH3 is 1. The van der Waals surface area contributed by atoms with Gasteiger partial charge >= 0.3 is 0 Å². The fourth-order valence-corrected chi connectivity index (χ4v) is 3.38. The standard InChI is InChI=1S/C26H31N3O3/c1-19-6-10-24(11-7-19)32-18-23-17-22(8-12-25(23)31-4)9-13-26(30)27-14-5-15-29-21(3)16-20(2)28-29/h6-13,16-17H,5,14-15,18H2,1-4H3,(H,27,30)/b13-9+. The van der Waals surface area contributed by atoms with Crippen molar-refractivity contribution >= 4 is 12.0 Å². The van der Waals surface area contributed by atoms with E-state index in [-0.39, 0.29) is 5.91 Å². The van der Waals surface area contributed by atoms with Crippen LogP contribution in [-0.2, 0) is 17.9 Å². The SMILES string of the molecule is COc1ccc(/C=C/C(=O)NCCCn2nc(C)cc2C)cc1COc1ccc(C)cc1. The number of benzene rings is 2. The van der Waals surface area contributed by atoms with Gasteiger partial charge in [0.2, 0.25) is 5.91 Å². The fourth-order valence-electron chi connectivity index (χ4n) is 3.38. The Morgan fingerprint density at radius 2 is 1.88 bits per heavy atom. The van der Waals surface area contributed by atoms with E-state index in [1.165, 1.54) is 5.56 Å². The number of hydrogen-bond donors (Lipinski definition) is 1. The van der Waals surface area contributed by atoms with Crippen LogP contribution in [-0.4, -0.2) is 29.3 Å². The zero-order valence-corrected chi connectivity index (χ0v) is 19.2. The minimum absolute atomic E-state index is 0.119. The van der Waals surface area contributed by atoms with E-state index < -0.39 is 0 Å². The Morgan fingerprint density at radius 3 is 2.56 bits per heavy atom. The van der Waals surface area contributed by atoms with Gasteiger partial charge in [0, 0.05) is 30.4 Å². The van der Waals surface area contributed by atoms with Gasteiger partial charge in [-0.2, -0.15) is 5.10 Å². The monoisotopic (exact) mass is 433 g/mol. The molecule has 6 heteroatoms. The molecule has 0 aliphatic heterocycles. The van der Waals surface area contributed by atoms with Crippen molar-refractivity contribution < 1.29 is 14.3 Å². The van der Waals surface area contributed by atoms with Crippen molar-refractivity contribution in [1.29, 1.82) is 0 Å². The molecule has 0 bridgehead atoms. The lowest BCUT2D eigenvalue weighted by Gasteiger charge is -2.11. The molecule has 1 amide bonds. The van der Waals surface area contributed by atoms with Crippen LogP contribution in [0.4, 0.5) is 0 Å². The first-order chi connectivity index (χ1) is 15.4. The number of aromatic nitrogens is 2. The smallest absolute Gasteiger partial charge is 0.244 e. The van der Waals surface area contributed by atoms with E-state index in [9.17, 15) is 4.79 Å². The molecule has 1 aromatic heterocycles. The molecule has 3 rings (SSSR count). The third-order valence-corrected chi connectivity index (χ3v) is 5.10. The van der Waals surface area contributed by atoms with Crippen molar-refractivity contribution in [1.82, 2.24) is 15.1 Å². The van der Waals surface area contributed by atoms with E-state index in [0.29, 0.717) is 13.2 Å². The first-order valence-corrected chi connectivity index (χ1v) is 10.8.